The highest BCUT2D eigenvalue weighted by Crippen LogP contribution is 2.35. The van der Waals surface area contributed by atoms with Crippen molar-refractivity contribution in [1.82, 2.24) is 15.1 Å². The zero-order valence-electron chi connectivity index (χ0n) is 15.2. The van der Waals surface area contributed by atoms with Gasteiger partial charge < -0.3 is 15.2 Å². The predicted octanol–water partition coefficient (Wildman–Crippen LogP) is 1.98. The van der Waals surface area contributed by atoms with Crippen LogP contribution >= 0.6 is 15.9 Å². The lowest BCUT2D eigenvalue weighted by Gasteiger charge is -2.41. The number of nitrogens with one attached hydrogen (secondary N) is 1. The predicted molar refractivity (Wildman–Crippen MR) is 104 cm³/mol. The number of carbonyl (C=O) groups is 1. The van der Waals surface area contributed by atoms with Gasteiger partial charge in [-0.1, -0.05) is 22.9 Å². The van der Waals surface area contributed by atoms with Crippen LogP contribution in [0.5, 0.6) is 5.88 Å². The summed E-state index contributed by atoms with van der Waals surface area (Å²) < 4.78 is 7.96. The largest absolute Gasteiger partial charge is 0.473 e. The first-order valence-electron chi connectivity index (χ1n) is 9.11. The van der Waals surface area contributed by atoms with E-state index in [-0.39, 0.29) is 30.2 Å². The summed E-state index contributed by atoms with van der Waals surface area (Å²) in [6, 6.07) is 5.24. The Morgan fingerprint density at radius 2 is 2.15 bits per heavy atom. The van der Waals surface area contributed by atoms with Crippen LogP contribution in [0, 0.1) is 5.92 Å². The smallest absolute Gasteiger partial charge is 0.275 e. The molecule has 1 aromatic heterocycles. The molecule has 2 fully saturated rings. The van der Waals surface area contributed by atoms with Crippen molar-refractivity contribution in [3.63, 3.8) is 0 Å². The maximum absolute atomic E-state index is 12.8. The Morgan fingerprint density at radius 1 is 1.44 bits per heavy atom. The third kappa shape index (κ3) is 3.87. The maximum atomic E-state index is 12.8. The van der Waals surface area contributed by atoms with Gasteiger partial charge in [0, 0.05) is 10.5 Å². The second-order valence-electron chi connectivity index (χ2n) is 8.00. The quantitative estimate of drug-likeness (QED) is 0.748. The van der Waals surface area contributed by atoms with Crippen LogP contribution in [0.3, 0.4) is 0 Å². The monoisotopic (exact) mass is 435 g/mol. The lowest BCUT2D eigenvalue weighted by atomic mass is 9.77. The molecule has 2 aliphatic rings. The van der Waals surface area contributed by atoms with Crippen LogP contribution in [-0.4, -0.2) is 38.5 Å². The highest BCUT2D eigenvalue weighted by Gasteiger charge is 2.39. The summed E-state index contributed by atoms with van der Waals surface area (Å²) in [5, 5.41) is 18.1. The fourth-order valence-corrected chi connectivity index (χ4v) is 3.89. The number of halogens is 1. The molecule has 27 heavy (non-hydrogen) atoms. The Balaban J connectivity index is 1.60. The summed E-state index contributed by atoms with van der Waals surface area (Å²) >= 11 is 3.42. The van der Waals surface area contributed by atoms with Crippen LogP contribution in [0.15, 0.2) is 27.5 Å². The van der Waals surface area contributed by atoms with Crippen molar-refractivity contribution in [1.29, 1.82) is 0 Å². The van der Waals surface area contributed by atoms with E-state index in [9.17, 15) is 14.7 Å². The Kier molecular flexibility index (Phi) is 4.50. The van der Waals surface area contributed by atoms with Crippen molar-refractivity contribution in [2.75, 3.05) is 0 Å². The molecule has 7 nitrogen and oxygen atoms in total. The van der Waals surface area contributed by atoms with Gasteiger partial charge in [0.2, 0.25) is 11.8 Å². The number of fused-ring (bicyclic) bond motifs is 1. The van der Waals surface area contributed by atoms with Crippen LogP contribution in [0.2, 0.25) is 0 Å². The van der Waals surface area contributed by atoms with Gasteiger partial charge in [-0.15, -0.1) is 5.10 Å². The van der Waals surface area contributed by atoms with E-state index in [1.165, 1.54) is 0 Å². The molecule has 2 saturated carbocycles. The topological polar surface area (TPSA) is 93.5 Å². The minimum Gasteiger partial charge on any atom is -0.473 e. The number of aliphatic hydroxyl groups is 1. The molecule has 2 N–H and O–H groups in total. The highest BCUT2D eigenvalue weighted by molar-refractivity contribution is 9.10. The maximum Gasteiger partial charge on any atom is 0.275 e. The minimum absolute atomic E-state index is 0.0670. The zero-order valence-corrected chi connectivity index (χ0v) is 16.8. The Labute approximate surface area is 164 Å². The molecule has 0 saturated heterocycles. The molecule has 4 rings (SSSR count). The Hall–Kier alpha value is -1.93. The van der Waals surface area contributed by atoms with Crippen LogP contribution in [0.1, 0.15) is 33.1 Å². The fourth-order valence-electron chi connectivity index (χ4n) is 3.53. The van der Waals surface area contributed by atoms with E-state index in [0.717, 1.165) is 15.6 Å². The van der Waals surface area contributed by atoms with E-state index >= 15 is 0 Å². The zero-order chi connectivity index (χ0) is 19.3. The standard InChI is InChI=1S/C19H22BrN3O4/c1-10-5-15(10)27-17-14-6-11(20)3-4-13(14)18(25)23(22-17)9-16(24)21-12-7-19(2,26)8-12/h3-4,6,10,12,15,26H,5,7-9H2,1-2H3,(H,21,24)/t10-,12-,15+,19-/m0/s1. The van der Waals surface area contributed by atoms with Gasteiger partial charge in [0.1, 0.15) is 12.6 Å². The molecule has 0 aliphatic heterocycles. The van der Waals surface area contributed by atoms with Crippen LogP contribution < -0.4 is 15.6 Å². The fraction of sp³-hybridized carbons (Fsp3) is 0.526. The number of aromatic nitrogens is 2. The number of hydrogen-bond acceptors (Lipinski definition) is 5. The van der Waals surface area contributed by atoms with Crippen molar-refractivity contribution >= 4 is 32.6 Å². The molecule has 0 bridgehead atoms. The van der Waals surface area contributed by atoms with E-state index < -0.39 is 5.60 Å². The number of carbonyl (C=O) groups excluding carboxylic acids is 1. The van der Waals surface area contributed by atoms with Gasteiger partial charge in [-0.3, -0.25) is 9.59 Å². The molecule has 2 aliphatic carbocycles. The third-order valence-corrected chi connectivity index (χ3v) is 5.71. The summed E-state index contributed by atoms with van der Waals surface area (Å²) in [4.78, 5) is 25.1. The number of nitrogens with zero attached hydrogens (tertiary/aromatic N) is 2. The van der Waals surface area contributed by atoms with Gasteiger partial charge in [0.25, 0.3) is 5.56 Å². The third-order valence-electron chi connectivity index (χ3n) is 5.22. The van der Waals surface area contributed by atoms with Gasteiger partial charge in [-0.05, 0) is 50.3 Å². The average Bonchev–Trinajstić information content (AvgIpc) is 3.25. The van der Waals surface area contributed by atoms with E-state index in [4.69, 9.17) is 4.74 Å². The van der Waals surface area contributed by atoms with Gasteiger partial charge in [0.05, 0.1) is 16.4 Å². The first-order chi connectivity index (χ1) is 12.7. The van der Waals surface area contributed by atoms with Crippen molar-refractivity contribution in [3.8, 4) is 5.88 Å². The molecule has 0 radical (unpaired) electrons. The second kappa shape index (κ2) is 6.60. The summed E-state index contributed by atoms with van der Waals surface area (Å²) in [6.45, 7) is 3.66. The summed E-state index contributed by atoms with van der Waals surface area (Å²) in [5.41, 5.74) is -1.05. The van der Waals surface area contributed by atoms with E-state index in [0.29, 0.717) is 35.4 Å². The Bertz CT molecular complexity index is 963. The molecule has 1 heterocycles. The van der Waals surface area contributed by atoms with Crippen LogP contribution in [-0.2, 0) is 11.3 Å². The molecule has 8 heteroatoms. The number of ether oxygens (including phenoxy) is 1. The number of benzene rings is 1. The molecule has 0 unspecified atom stereocenters. The van der Waals surface area contributed by atoms with Crippen molar-refractivity contribution in [3.05, 3.63) is 33.0 Å². The molecule has 0 spiro atoms. The van der Waals surface area contributed by atoms with Crippen LogP contribution in [0.4, 0.5) is 0 Å². The SMILES string of the molecule is C[C@H]1C[C@H]1Oc1nn(CC(=O)N[C@H]2C[C@](C)(O)C2)c(=O)c2ccc(Br)cc12. The highest BCUT2D eigenvalue weighted by atomic mass is 79.9. The lowest BCUT2D eigenvalue weighted by Crippen LogP contribution is -2.54. The first kappa shape index (κ1) is 18.4. The van der Waals surface area contributed by atoms with Gasteiger partial charge in [-0.2, -0.15) is 0 Å². The summed E-state index contributed by atoms with van der Waals surface area (Å²) in [6.07, 6.45) is 2.08. The van der Waals surface area contributed by atoms with Crippen molar-refractivity contribution < 1.29 is 14.6 Å². The first-order valence-corrected chi connectivity index (χ1v) is 9.90. The van der Waals surface area contributed by atoms with Gasteiger partial charge in [0.15, 0.2) is 0 Å². The normalized spacial score (nSPS) is 29.3. The summed E-state index contributed by atoms with van der Waals surface area (Å²) in [5.74, 6) is 0.538. The van der Waals surface area contributed by atoms with E-state index in [2.05, 4.69) is 33.3 Å². The average molecular weight is 436 g/mol. The number of rotatable bonds is 5. The van der Waals surface area contributed by atoms with Crippen molar-refractivity contribution in [2.45, 2.75) is 57.4 Å². The van der Waals surface area contributed by atoms with Crippen molar-refractivity contribution in [2.24, 2.45) is 5.92 Å². The molecular formula is C19H22BrN3O4. The lowest BCUT2D eigenvalue weighted by molar-refractivity contribution is -0.125. The molecule has 144 valence electrons. The molecule has 1 aromatic carbocycles. The van der Waals surface area contributed by atoms with E-state index in [1.54, 1.807) is 19.1 Å². The van der Waals surface area contributed by atoms with Gasteiger partial charge >= 0.3 is 0 Å². The van der Waals surface area contributed by atoms with Gasteiger partial charge in [-0.25, -0.2) is 4.68 Å². The molecule has 1 amide bonds. The summed E-state index contributed by atoms with van der Waals surface area (Å²) in [7, 11) is 0. The number of hydrogen-bond donors (Lipinski definition) is 2. The molecular weight excluding hydrogens is 414 g/mol. The van der Waals surface area contributed by atoms with E-state index in [1.807, 2.05) is 6.07 Å². The molecule has 2 atom stereocenters. The minimum atomic E-state index is -0.717. The second-order valence-corrected chi connectivity index (χ2v) is 8.91. The van der Waals surface area contributed by atoms with Crippen LogP contribution in [0.25, 0.3) is 10.8 Å². The molecule has 2 aromatic rings. The Morgan fingerprint density at radius 3 is 2.78 bits per heavy atom. The number of amides is 1.